The van der Waals surface area contributed by atoms with E-state index in [1.165, 1.54) is 0 Å². The van der Waals surface area contributed by atoms with Gasteiger partial charge in [-0.15, -0.1) is 0 Å². The summed E-state index contributed by atoms with van der Waals surface area (Å²) in [7, 11) is 0. The Morgan fingerprint density at radius 3 is 2.50 bits per heavy atom. The van der Waals surface area contributed by atoms with Gasteiger partial charge in [0, 0.05) is 17.3 Å². The highest BCUT2D eigenvalue weighted by Crippen LogP contribution is 2.15. The normalized spacial score (nSPS) is 10.1. The Labute approximate surface area is 110 Å². The van der Waals surface area contributed by atoms with Crippen LogP contribution in [0.4, 0.5) is 4.79 Å². The largest absolute Gasteiger partial charge is 0.447 e. The van der Waals surface area contributed by atoms with Crippen LogP contribution in [0.5, 0.6) is 0 Å². The molecular weight excluding hydrogens is 252 g/mol. The Morgan fingerprint density at radius 2 is 1.83 bits per heavy atom. The lowest BCUT2D eigenvalue weighted by Gasteiger charge is -2.04. The number of hydrogen-bond acceptors (Lipinski definition) is 4. The second-order valence-electron chi connectivity index (χ2n) is 3.70. The van der Waals surface area contributed by atoms with E-state index in [1.807, 2.05) is 37.3 Å². The van der Waals surface area contributed by atoms with E-state index in [0.29, 0.717) is 5.69 Å². The summed E-state index contributed by atoms with van der Waals surface area (Å²) in [5, 5.41) is 0. The predicted octanol–water partition coefficient (Wildman–Crippen LogP) is 3.33. The van der Waals surface area contributed by atoms with E-state index in [9.17, 15) is 4.79 Å². The monoisotopic (exact) mass is 262 g/mol. The molecule has 0 atom stereocenters. The van der Waals surface area contributed by atoms with Gasteiger partial charge < -0.3 is 4.74 Å². The SMILES string of the molecule is Cc1cccc(-c2cccc(COC(=O)Cl)n2)n1. The zero-order valence-corrected chi connectivity index (χ0v) is 10.5. The van der Waals surface area contributed by atoms with Crippen LogP contribution in [0.25, 0.3) is 11.4 Å². The van der Waals surface area contributed by atoms with Gasteiger partial charge in [-0.25, -0.2) is 9.78 Å². The molecule has 0 radical (unpaired) electrons. The quantitative estimate of drug-likeness (QED) is 0.796. The van der Waals surface area contributed by atoms with E-state index < -0.39 is 5.43 Å². The molecule has 2 aromatic heterocycles. The number of rotatable bonds is 3. The Balaban J connectivity index is 2.24. The predicted molar refractivity (Wildman–Crippen MR) is 68.2 cm³/mol. The smallest absolute Gasteiger partial charge is 0.404 e. The molecule has 2 heterocycles. The summed E-state index contributed by atoms with van der Waals surface area (Å²) in [5.41, 5.74) is 2.24. The van der Waals surface area contributed by atoms with E-state index in [4.69, 9.17) is 11.6 Å². The Morgan fingerprint density at radius 1 is 1.17 bits per heavy atom. The molecule has 0 fully saturated rings. The molecule has 92 valence electrons. The highest BCUT2D eigenvalue weighted by Gasteiger charge is 2.04. The van der Waals surface area contributed by atoms with Crippen LogP contribution in [0.15, 0.2) is 36.4 Å². The first-order valence-electron chi connectivity index (χ1n) is 5.37. The van der Waals surface area contributed by atoms with Crippen LogP contribution < -0.4 is 0 Å². The molecule has 0 N–H and O–H groups in total. The van der Waals surface area contributed by atoms with Crippen LogP contribution in [-0.2, 0) is 11.3 Å². The standard InChI is InChI=1S/C13H11ClN2O2/c1-9-4-2-6-11(15-9)12-7-3-5-10(16-12)8-18-13(14)17/h2-7H,8H2,1H3. The minimum absolute atomic E-state index is 0.0575. The Hall–Kier alpha value is -1.94. The maximum Gasteiger partial charge on any atom is 0.404 e. The average Bonchev–Trinajstić information content (AvgIpc) is 2.37. The van der Waals surface area contributed by atoms with Crippen LogP contribution >= 0.6 is 11.6 Å². The number of halogens is 1. The van der Waals surface area contributed by atoms with Crippen molar-refractivity contribution in [1.29, 1.82) is 0 Å². The zero-order chi connectivity index (χ0) is 13.0. The van der Waals surface area contributed by atoms with Crippen molar-refractivity contribution in [2.75, 3.05) is 0 Å². The van der Waals surface area contributed by atoms with Crippen LogP contribution in [0.1, 0.15) is 11.4 Å². The van der Waals surface area contributed by atoms with Gasteiger partial charge in [0.25, 0.3) is 0 Å². The van der Waals surface area contributed by atoms with Crippen molar-refractivity contribution in [2.24, 2.45) is 0 Å². The number of carbonyl (C=O) groups excluding carboxylic acids is 1. The van der Waals surface area contributed by atoms with Crippen LogP contribution in [-0.4, -0.2) is 15.4 Å². The van der Waals surface area contributed by atoms with Crippen molar-refractivity contribution < 1.29 is 9.53 Å². The van der Waals surface area contributed by atoms with E-state index in [0.717, 1.165) is 17.1 Å². The third kappa shape index (κ3) is 3.28. The van der Waals surface area contributed by atoms with Crippen LogP contribution in [0.3, 0.4) is 0 Å². The fourth-order valence-corrected chi connectivity index (χ4v) is 1.57. The van der Waals surface area contributed by atoms with Crippen molar-refractivity contribution in [3.05, 3.63) is 47.8 Å². The second kappa shape index (κ2) is 5.60. The highest BCUT2D eigenvalue weighted by molar-refractivity contribution is 6.61. The number of aromatic nitrogens is 2. The molecule has 5 heteroatoms. The molecule has 0 unspecified atom stereocenters. The summed E-state index contributed by atoms with van der Waals surface area (Å²) in [6, 6.07) is 11.2. The summed E-state index contributed by atoms with van der Waals surface area (Å²) in [6.45, 7) is 1.98. The van der Waals surface area contributed by atoms with Gasteiger partial charge in [-0.2, -0.15) is 0 Å². The molecule has 2 aromatic rings. The molecule has 18 heavy (non-hydrogen) atoms. The molecule has 0 aliphatic carbocycles. The van der Waals surface area contributed by atoms with Crippen molar-refractivity contribution in [3.8, 4) is 11.4 Å². The van der Waals surface area contributed by atoms with Gasteiger partial charge in [-0.05, 0) is 31.2 Å². The molecule has 0 amide bonds. The number of hydrogen-bond donors (Lipinski definition) is 0. The molecule has 2 rings (SSSR count). The first-order chi connectivity index (χ1) is 8.65. The van der Waals surface area contributed by atoms with E-state index in [1.54, 1.807) is 6.07 Å². The molecule has 0 aliphatic heterocycles. The lowest BCUT2D eigenvalue weighted by atomic mass is 10.2. The van der Waals surface area contributed by atoms with Gasteiger partial charge in [0.05, 0.1) is 17.1 Å². The topological polar surface area (TPSA) is 52.1 Å². The van der Waals surface area contributed by atoms with Crippen LogP contribution in [0, 0.1) is 6.92 Å². The van der Waals surface area contributed by atoms with E-state index in [2.05, 4.69) is 14.7 Å². The van der Waals surface area contributed by atoms with E-state index in [-0.39, 0.29) is 6.61 Å². The first-order valence-corrected chi connectivity index (χ1v) is 5.75. The van der Waals surface area contributed by atoms with Crippen molar-refractivity contribution in [2.45, 2.75) is 13.5 Å². The fraction of sp³-hybridized carbons (Fsp3) is 0.154. The average molecular weight is 263 g/mol. The number of carbonyl (C=O) groups is 1. The van der Waals surface area contributed by atoms with Crippen molar-refractivity contribution in [3.63, 3.8) is 0 Å². The molecule has 4 nitrogen and oxygen atoms in total. The Bertz CT molecular complexity index is 572. The third-order valence-corrected chi connectivity index (χ3v) is 2.40. The second-order valence-corrected chi connectivity index (χ2v) is 4.01. The number of ether oxygens (including phenoxy) is 1. The maximum absolute atomic E-state index is 10.5. The van der Waals surface area contributed by atoms with Gasteiger partial charge in [0.2, 0.25) is 0 Å². The van der Waals surface area contributed by atoms with E-state index >= 15 is 0 Å². The minimum atomic E-state index is -0.837. The fourth-order valence-electron chi connectivity index (χ4n) is 1.52. The third-order valence-electron chi connectivity index (χ3n) is 2.29. The lowest BCUT2D eigenvalue weighted by molar-refractivity contribution is 0.165. The summed E-state index contributed by atoms with van der Waals surface area (Å²) in [6.07, 6.45) is 0. The molecule has 0 bridgehead atoms. The molecule has 0 saturated carbocycles. The van der Waals surface area contributed by atoms with Gasteiger partial charge >= 0.3 is 5.43 Å². The van der Waals surface area contributed by atoms with Crippen LogP contribution in [0.2, 0.25) is 0 Å². The van der Waals surface area contributed by atoms with Gasteiger partial charge in [0.15, 0.2) is 0 Å². The summed E-state index contributed by atoms with van der Waals surface area (Å²) < 4.78 is 4.69. The molecule has 0 saturated heterocycles. The lowest BCUT2D eigenvalue weighted by Crippen LogP contribution is -1.99. The number of aryl methyl sites for hydroxylation is 1. The molecule has 0 aromatic carbocycles. The van der Waals surface area contributed by atoms with Gasteiger partial charge in [0.1, 0.15) is 6.61 Å². The summed E-state index contributed by atoms with van der Waals surface area (Å²) >= 11 is 5.10. The zero-order valence-electron chi connectivity index (χ0n) is 9.76. The molecule has 0 aliphatic rings. The number of pyridine rings is 2. The highest BCUT2D eigenvalue weighted by atomic mass is 35.5. The Kier molecular flexibility index (Phi) is 3.89. The van der Waals surface area contributed by atoms with Gasteiger partial charge in [-0.1, -0.05) is 12.1 Å². The molecular formula is C13H11ClN2O2. The van der Waals surface area contributed by atoms with Crippen molar-refractivity contribution in [1.82, 2.24) is 9.97 Å². The van der Waals surface area contributed by atoms with Gasteiger partial charge in [-0.3, -0.25) is 4.98 Å². The molecule has 0 spiro atoms. The maximum atomic E-state index is 10.5. The summed E-state index contributed by atoms with van der Waals surface area (Å²) in [5.74, 6) is 0. The number of nitrogens with zero attached hydrogens (tertiary/aromatic N) is 2. The first kappa shape index (κ1) is 12.5. The summed E-state index contributed by atoms with van der Waals surface area (Å²) in [4.78, 5) is 19.3. The van der Waals surface area contributed by atoms with Crippen molar-refractivity contribution >= 4 is 17.0 Å². The minimum Gasteiger partial charge on any atom is -0.447 e.